The average molecular weight is 553 g/mol. The second-order valence-corrected chi connectivity index (χ2v) is 9.37. The fraction of sp³-hybridized carbons (Fsp3) is 0.111. The molecule has 0 atom stereocenters. The largest absolute Gasteiger partial charge is 0.493 e. The predicted molar refractivity (Wildman–Crippen MR) is 143 cm³/mol. The maximum absolute atomic E-state index is 13.0. The number of imide groups is 1. The van der Waals surface area contributed by atoms with E-state index in [-0.39, 0.29) is 17.1 Å². The van der Waals surface area contributed by atoms with E-state index in [9.17, 15) is 24.3 Å². The van der Waals surface area contributed by atoms with E-state index < -0.39 is 29.6 Å². The van der Waals surface area contributed by atoms with Gasteiger partial charge in [-0.1, -0.05) is 48.0 Å². The number of para-hydroxylation sites is 2. The van der Waals surface area contributed by atoms with Crippen molar-refractivity contribution in [1.29, 1.82) is 0 Å². The monoisotopic (exact) mass is 552 g/mol. The summed E-state index contributed by atoms with van der Waals surface area (Å²) in [5.41, 5.74) is 1.57. The Morgan fingerprint density at radius 2 is 1.84 bits per heavy atom. The molecule has 0 aromatic heterocycles. The molecule has 0 aliphatic carbocycles. The highest BCUT2D eigenvalue weighted by Crippen LogP contribution is 2.37. The Kier molecular flexibility index (Phi) is 8.35. The molecule has 1 aliphatic heterocycles. The lowest BCUT2D eigenvalue weighted by molar-refractivity contribution is -0.127. The van der Waals surface area contributed by atoms with E-state index in [1.54, 1.807) is 54.6 Å². The summed E-state index contributed by atoms with van der Waals surface area (Å²) in [4.78, 5) is 50.3. The molecule has 1 fully saturated rings. The topological polar surface area (TPSA) is 122 Å². The number of rotatable bonds is 9. The number of aromatic carboxylic acids is 1. The Hall–Kier alpha value is -4.28. The number of hydrogen-bond donors (Lipinski definition) is 2. The van der Waals surface area contributed by atoms with Gasteiger partial charge in [-0.05, 0) is 53.7 Å². The normalized spacial score (nSPS) is 14.1. The minimum atomic E-state index is -1.05. The molecule has 2 N–H and O–H groups in total. The van der Waals surface area contributed by atoms with Crippen LogP contribution in [0.4, 0.5) is 10.5 Å². The van der Waals surface area contributed by atoms with Crippen molar-refractivity contribution in [3.8, 4) is 11.5 Å². The van der Waals surface area contributed by atoms with E-state index in [0.717, 1.165) is 4.90 Å². The SMILES string of the molecule is COc1cccc(/C=C2/SC(=O)N(CC(=O)Nc3ccccc3Cl)C2=O)c1OCc1cccc(C(=O)O)c1. The molecule has 9 nitrogen and oxygen atoms in total. The van der Waals surface area contributed by atoms with Crippen LogP contribution in [0.3, 0.4) is 0 Å². The van der Waals surface area contributed by atoms with Crippen LogP contribution in [0.5, 0.6) is 11.5 Å². The van der Waals surface area contributed by atoms with E-state index in [2.05, 4.69) is 5.32 Å². The molecule has 4 rings (SSSR count). The number of anilines is 1. The first-order valence-corrected chi connectivity index (χ1v) is 12.4. The second kappa shape index (κ2) is 11.8. The van der Waals surface area contributed by atoms with Gasteiger partial charge in [-0.3, -0.25) is 19.3 Å². The van der Waals surface area contributed by atoms with Gasteiger partial charge in [-0.2, -0.15) is 0 Å². The van der Waals surface area contributed by atoms with Gasteiger partial charge in [0.25, 0.3) is 11.1 Å². The fourth-order valence-electron chi connectivity index (χ4n) is 3.58. The van der Waals surface area contributed by atoms with Crippen LogP contribution in [0.15, 0.2) is 71.6 Å². The van der Waals surface area contributed by atoms with Gasteiger partial charge in [-0.25, -0.2) is 4.79 Å². The summed E-state index contributed by atoms with van der Waals surface area (Å²) in [7, 11) is 1.46. The highest BCUT2D eigenvalue weighted by molar-refractivity contribution is 8.18. The summed E-state index contributed by atoms with van der Waals surface area (Å²) in [5.74, 6) is -1.57. The number of halogens is 1. The maximum Gasteiger partial charge on any atom is 0.335 e. The summed E-state index contributed by atoms with van der Waals surface area (Å²) in [6, 6.07) is 18.0. The summed E-state index contributed by atoms with van der Waals surface area (Å²) in [5, 5.41) is 11.6. The molecule has 0 spiro atoms. The first kappa shape index (κ1) is 26.8. The van der Waals surface area contributed by atoms with Crippen molar-refractivity contribution in [1.82, 2.24) is 4.90 Å². The minimum Gasteiger partial charge on any atom is -0.493 e. The van der Waals surface area contributed by atoms with Gasteiger partial charge < -0.3 is 19.9 Å². The number of carboxylic acid groups (broad SMARTS) is 1. The molecule has 1 aliphatic rings. The van der Waals surface area contributed by atoms with Crippen molar-refractivity contribution in [2.24, 2.45) is 0 Å². The highest BCUT2D eigenvalue weighted by Gasteiger charge is 2.36. The van der Waals surface area contributed by atoms with E-state index in [0.29, 0.717) is 45.1 Å². The van der Waals surface area contributed by atoms with Crippen LogP contribution in [0, 0.1) is 0 Å². The molecule has 1 saturated heterocycles. The zero-order valence-electron chi connectivity index (χ0n) is 20.0. The Morgan fingerprint density at radius 3 is 2.58 bits per heavy atom. The van der Waals surface area contributed by atoms with Crippen molar-refractivity contribution >= 4 is 58.1 Å². The maximum atomic E-state index is 13.0. The Morgan fingerprint density at radius 1 is 1.08 bits per heavy atom. The van der Waals surface area contributed by atoms with Gasteiger partial charge in [0.15, 0.2) is 11.5 Å². The van der Waals surface area contributed by atoms with E-state index in [1.165, 1.54) is 25.3 Å². The van der Waals surface area contributed by atoms with Gasteiger partial charge in [0.1, 0.15) is 13.2 Å². The molecule has 194 valence electrons. The number of methoxy groups -OCH3 is 1. The van der Waals surface area contributed by atoms with Crippen LogP contribution < -0.4 is 14.8 Å². The van der Waals surface area contributed by atoms with Crippen LogP contribution in [-0.4, -0.2) is 46.7 Å². The summed E-state index contributed by atoms with van der Waals surface area (Å²) < 4.78 is 11.4. The van der Waals surface area contributed by atoms with Gasteiger partial charge in [0.2, 0.25) is 5.91 Å². The molecule has 3 amide bonds. The standard InChI is InChI=1S/C27H21ClN2O7S/c1-36-21-11-5-7-17(24(21)37-15-16-6-4-8-18(12-16)26(33)34)13-22-25(32)30(27(35)38-22)14-23(31)29-20-10-3-2-9-19(20)28/h2-13H,14-15H2,1H3,(H,29,31)(H,33,34)/b22-13+. The lowest BCUT2D eigenvalue weighted by Crippen LogP contribution is -2.36. The third-order valence-corrected chi connectivity index (χ3v) is 6.63. The highest BCUT2D eigenvalue weighted by atomic mass is 35.5. The molecule has 0 bridgehead atoms. The molecule has 3 aromatic rings. The van der Waals surface area contributed by atoms with Gasteiger partial charge in [-0.15, -0.1) is 0 Å². The number of nitrogens with zero attached hydrogens (tertiary/aromatic N) is 1. The zero-order chi connectivity index (χ0) is 27.2. The number of amides is 3. The Balaban J connectivity index is 1.52. The second-order valence-electron chi connectivity index (χ2n) is 7.97. The number of thioether (sulfide) groups is 1. The minimum absolute atomic E-state index is 0.0338. The summed E-state index contributed by atoms with van der Waals surface area (Å²) in [6.45, 7) is -0.444. The third kappa shape index (κ3) is 6.16. The summed E-state index contributed by atoms with van der Waals surface area (Å²) in [6.07, 6.45) is 1.49. The van der Waals surface area contributed by atoms with Crippen LogP contribution >= 0.6 is 23.4 Å². The van der Waals surface area contributed by atoms with Crippen LogP contribution in [0.1, 0.15) is 21.5 Å². The van der Waals surface area contributed by atoms with Crippen molar-refractivity contribution in [2.45, 2.75) is 6.61 Å². The molecule has 0 radical (unpaired) electrons. The van der Waals surface area contributed by atoms with Crippen molar-refractivity contribution in [2.75, 3.05) is 19.0 Å². The first-order valence-electron chi connectivity index (χ1n) is 11.2. The first-order chi connectivity index (χ1) is 18.3. The Bertz CT molecular complexity index is 1460. The molecule has 3 aromatic carbocycles. The van der Waals surface area contributed by atoms with Gasteiger partial charge >= 0.3 is 5.97 Å². The fourth-order valence-corrected chi connectivity index (χ4v) is 4.60. The van der Waals surface area contributed by atoms with E-state index in [1.807, 2.05) is 0 Å². The number of benzene rings is 3. The number of ether oxygens (including phenoxy) is 2. The smallest absolute Gasteiger partial charge is 0.335 e. The average Bonchev–Trinajstić information content (AvgIpc) is 3.16. The number of hydrogen-bond acceptors (Lipinski definition) is 7. The summed E-state index contributed by atoms with van der Waals surface area (Å²) >= 11 is 6.76. The van der Waals surface area contributed by atoms with E-state index in [4.69, 9.17) is 21.1 Å². The zero-order valence-corrected chi connectivity index (χ0v) is 21.5. The molecule has 0 saturated carbocycles. The third-order valence-electron chi connectivity index (χ3n) is 5.40. The van der Waals surface area contributed by atoms with Crippen LogP contribution in [0.25, 0.3) is 6.08 Å². The molecule has 38 heavy (non-hydrogen) atoms. The predicted octanol–water partition coefficient (Wildman–Crippen LogP) is 5.30. The number of nitrogens with one attached hydrogen (secondary N) is 1. The van der Waals surface area contributed by atoms with Crippen molar-refractivity contribution in [3.05, 3.63) is 93.3 Å². The Labute approximate surface area is 227 Å². The molecular formula is C27H21ClN2O7S. The quantitative estimate of drug-likeness (QED) is 0.343. The molecular weight excluding hydrogens is 532 g/mol. The van der Waals surface area contributed by atoms with Crippen molar-refractivity contribution < 1.29 is 33.8 Å². The lowest BCUT2D eigenvalue weighted by Gasteiger charge is -2.14. The van der Waals surface area contributed by atoms with Crippen LogP contribution in [-0.2, 0) is 16.2 Å². The lowest BCUT2D eigenvalue weighted by atomic mass is 10.1. The van der Waals surface area contributed by atoms with Gasteiger partial charge in [0, 0.05) is 5.56 Å². The van der Waals surface area contributed by atoms with E-state index >= 15 is 0 Å². The number of carbonyl (C=O) groups excluding carboxylic acids is 3. The van der Waals surface area contributed by atoms with Crippen molar-refractivity contribution in [3.63, 3.8) is 0 Å². The number of carbonyl (C=O) groups is 4. The molecule has 0 unspecified atom stereocenters. The molecule has 11 heteroatoms. The van der Waals surface area contributed by atoms with Gasteiger partial charge in [0.05, 0.1) is 28.3 Å². The molecule has 1 heterocycles. The number of carboxylic acids is 1. The van der Waals surface area contributed by atoms with Crippen LogP contribution in [0.2, 0.25) is 5.02 Å².